The van der Waals surface area contributed by atoms with Gasteiger partial charge in [-0.3, -0.25) is 4.79 Å². The van der Waals surface area contributed by atoms with Crippen LogP contribution in [-0.2, 0) is 0 Å². The summed E-state index contributed by atoms with van der Waals surface area (Å²) in [5.41, 5.74) is 8.07. The molecule has 0 spiro atoms. The second-order valence-electron chi connectivity index (χ2n) is 4.65. The van der Waals surface area contributed by atoms with Crippen LogP contribution in [0.5, 0.6) is 0 Å². The first-order valence-corrected chi connectivity index (χ1v) is 8.15. The van der Waals surface area contributed by atoms with Crippen molar-refractivity contribution in [3.05, 3.63) is 38.7 Å². The van der Waals surface area contributed by atoms with Crippen LogP contribution in [0.3, 0.4) is 0 Å². The van der Waals surface area contributed by atoms with Gasteiger partial charge < -0.3 is 11.1 Å². The van der Waals surface area contributed by atoms with Gasteiger partial charge in [-0.1, -0.05) is 36.2 Å². The van der Waals surface area contributed by atoms with Crippen LogP contribution in [0.25, 0.3) is 11.1 Å². The SMILES string of the molecule is CCCNC(=O)c1c(N)sc(C)c1-c1ccc(Cl)cc1Cl. The van der Waals surface area contributed by atoms with E-state index in [1.54, 1.807) is 12.1 Å². The highest BCUT2D eigenvalue weighted by molar-refractivity contribution is 7.16. The molecule has 0 aliphatic heterocycles. The Morgan fingerprint density at radius 3 is 2.71 bits per heavy atom. The molecule has 3 nitrogen and oxygen atoms in total. The number of halogens is 2. The molecule has 0 bridgehead atoms. The summed E-state index contributed by atoms with van der Waals surface area (Å²) in [5.74, 6) is -0.167. The average molecular weight is 343 g/mol. The quantitative estimate of drug-likeness (QED) is 0.841. The molecular weight excluding hydrogens is 327 g/mol. The standard InChI is InChI=1S/C15H16Cl2N2OS/c1-3-6-19-15(20)13-12(8(2)21-14(13)18)10-5-4-9(16)7-11(10)17/h4-5,7H,3,6,18H2,1-2H3,(H,19,20). The fourth-order valence-corrected chi connectivity index (χ4v) is 3.58. The molecule has 0 aliphatic rings. The zero-order valence-electron chi connectivity index (χ0n) is 11.8. The van der Waals surface area contributed by atoms with Gasteiger partial charge in [-0.15, -0.1) is 11.3 Å². The van der Waals surface area contributed by atoms with Crippen molar-refractivity contribution in [1.29, 1.82) is 0 Å². The van der Waals surface area contributed by atoms with Gasteiger partial charge in [-0.2, -0.15) is 0 Å². The Morgan fingerprint density at radius 2 is 2.10 bits per heavy atom. The van der Waals surface area contributed by atoms with Gasteiger partial charge in [0.1, 0.15) is 0 Å². The number of thiophene rings is 1. The van der Waals surface area contributed by atoms with E-state index < -0.39 is 0 Å². The summed E-state index contributed by atoms with van der Waals surface area (Å²) in [7, 11) is 0. The maximum Gasteiger partial charge on any atom is 0.254 e. The molecular formula is C15H16Cl2N2OS. The molecule has 6 heteroatoms. The molecule has 3 N–H and O–H groups in total. The molecule has 0 radical (unpaired) electrons. The Bertz CT molecular complexity index is 683. The van der Waals surface area contributed by atoms with E-state index in [1.165, 1.54) is 11.3 Å². The maximum absolute atomic E-state index is 12.4. The van der Waals surface area contributed by atoms with Crippen LogP contribution in [0.4, 0.5) is 5.00 Å². The lowest BCUT2D eigenvalue weighted by Gasteiger charge is -2.09. The molecule has 2 aromatic rings. The van der Waals surface area contributed by atoms with Gasteiger partial charge in [0.2, 0.25) is 0 Å². The third-order valence-electron chi connectivity index (χ3n) is 3.07. The number of anilines is 1. The number of aryl methyl sites for hydroxylation is 1. The van der Waals surface area contributed by atoms with Crippen LogP contribution < -0.4 is 11.1 Å². The maximum atomic E-state index is 12.4. The summed E-state index contributed by atoms with van der Waals surface area (Å²) in [6.07, 6.45) is 0.867. The number of hydrogen-bond acceptors (Lipinski definition) is 3. The smallest absolute Gasteiger partial charge is 0.254 e. The molecule has 0 fully saturated rings. The Kier molecular flexibility index (Phi) is 5.14. The van der Waals surface area contributed by atoms with Crippen LogP contribution in [-0.4, -0.2) is 12.5 Å². The van der Waals surface area contributed by atoms with Gasteiger partial charge in [0.15, 0.2) is 0 Å². The molecule has 0 saturated heterocycles. The number of carbonyl (C=O) groups excluding carboxylic acids is 1. The molecule has 1 aromatic carbocycles. The van der Waals surface area contributed by atoms with E-state index in [4.69, 9.17) is 28.9 Å². The third-order valence-corrected chi connectivity index (χ3v) is 4.56. The summed E-state index contributed by atoms with van der Waals surface area (Å²) in [5, 5.41) is 4.43. The van der Waals surface area contributed by atoms with Gasteiger partial charge in [-0.25, -0.2) is 0 Å². The molecule has 21 heavy (non-hydrogen) atoms. The van der Waals surface area contributed by atoms with E-state index >= 15 is 0 Å². The number of hydrogen-bond donors (Lipinski definition) is 2. The minimum Gasteiger partial charge on any atom is -0.390 e. The number of amides is 1. The lowest BCUT2D eigenvalue weighted by molar-refractivity contribution is 0.0955. The summed E-state index contributed by atoms with van der Waals surface area (Å²) >= 11 is 13.6. The van der Waals surface area contributed by atoms with E-state index in [9.17, 15) is 4.79 Å². The first kappa shape index (κ1) is 16.1. The average Bonchev–Trinajstić information content (AvgIpc) is 2.71. The summed E-state index contributed by atoms with van der Waals surface area (Å²) < 4.78 is 0. The molecule has 0 saturated carbocycles. The topological polar surface area (TPSA) is 55.1 Å². The van der Waals surface area contributed by atoms with Crippen molar-refractivity contribution in [1.82, 2.24) is 5.32 Å². The van der Waals surface area contributed by atoms with Gasteiger partial charge in [0, 0.05) is 32.6 Å². The van der Waals surface area contributed by atoms with Crippen LogP contribution >= 0.6 is 34.5 Å². The fraction of sp³-hybridized carbons (Fsp3) is 0.267. The Morgan fingerprint density at radius 1 is 1.38 bits per heavy atom. The Hall–Kier alpha value is -1.23. The highest BCUT2D eigenvalue weighted by atomic mass is 35.5. The van der Waals surface area contributed by atoms with Crippen LogP contribution in [0.15, 0.2) is 18.2 Å². The van der Waals surface area contributed by atoms with E-state index in [2.05, 4.69) is 5.32 Å². The number of nitrogen functional groups attached to an aromatic ring is 1. The Balaban J connectivity index is 2.55. The van der Waals surface area contributed by atoms with Crippen LogP contribution in [0, 0.1) is 6.92 Å². The van der Waals surface area contributed by atoms with Crippen LogP contribution in [0.2, 0.25) is 10.0 Å². The van der Waals surface area contributed by atoms with E-state index in [0.717, 1.165) is 22.4 Å². The van der Waals surface area contributed by atoms with Gasteiger partial charge in [0.05, 0.1) is 10.6 Å². The molecule has 0 aliphatic carbocycles. The number of nitrogens with one attached hydrogen (secondary N) is 1. The van der Waals surface area contributed by atoms with Crippen molar-refractivity contribution in [2.45, 2.75) is 20.3 Å². The number of benzene rings is 1. The molecule has 2 rings (SSSR count). The van der Waals surface area contributed by atoms with Crippen LogP contribution in [0.1, 0.15) is 28.6 Å². The lowest BCUT2D eigenvalue weighted by Crippen LogP contribution is -2.24. The normalized spacial score (nSPS) is 10.7. The highest BCUT2D eigenvalue weighted by Crippen LogP contribution is 2.41. The number of nitrogens with two attached hydrogens (primary N) is 1. The zero-order chi connectivity index (χ0) is 15.6. The molecule has 0 atom stereocenters. The second kappa shape index (κ2) is 6.69. The summed E-state index contributed by atoms with van der Waals surface area (Å²) in [6.45, 7) is 4.54. The first-order valence-electron chi connectivity index (χ1n) is 6.58. The van der Waals surface area contributed by atoms with Gasteiger partial charge >= 0.3 is 0 Å². The molecule has 0 unspecified atom stereocenters. The Labute approximate surface area is 138 Å². The van der Waals surface area contributed by atoms with E-state index in [0.29, 0.717) is 27.2 Å². The van der Waals surface area contributed by atoms with E-state index in [-0.39, 0.29) is 5.91 Å². The van der Waals surface area contributed by atoms with E-state index in [1.807, 2.05) is 19.9 Å². The van der Waals surface area contributed by atoms with Crippen molar-refractivity contribution in [3.8, 4) is 11.1 Å². The van der Waals surface area contributed by atoms with Crippen molar-refractivity contribution >= 4 is 45.4 Å². The molecule has 112 valence electrons. The highest BCUT2D eigenvalue weighted by Gasteiger charge is 2.22. The van der Waals surface area contributed by atoms with Gasteiger partial charge in [0.25, 0.3) is 5.91 Å². The van der Waals surface area contributed by atoms with Crippen molar-refractivity contribution in [2.24, 2.45) is 0 Å². The summed E-state index contributed by atoms with van der Waals surface area (Å²) in [4.78, 5) is 13.3. The molecule has 1 aromatic heterocycles. The lowest BCUT2D eigenvalue weighted by atomic mass is 10.0. The molecule has 1 heterocycles. The number of carbonyl (C=O) groups is 1. The minimum absolute atomic E-state index is 0.167. The largest absolute Gasteiger partial charge is 0.390 e. The van der Waals surface area contributed by atoms with Crippen molar-refractivity contribution < 1.29 is 4.79 Å². The fourth-order valence-electron chi connectivity index (χ4n) is 2.14. The summed E-state index contributed by atoms with van der Waals surface area (Å²) in [6, 6.07) is 5.24. The van der Waals surface area contributed by atoms with Crippen molar-refractivity contribution in [2.75, 3.05) is 12.3 Å². The monoisotopic (exact) mass is 342 g/mol. The van der Waals surface area contributed by atoms with Gasteiger partial charge in [-0.05, 0) is 25.5 Å². The zero-order valence-corrected chi connectivity index (χ0v) is 14.1. The third kappa shape index (κ3) is 3.34. The predicted molar refractivity (Wildman–Crippen MR) is 91.5 cm³/mol. The number of rotatable bonds is 4. The molecule has 1 amide bonds. The van der Waals surface area contributed by atoms with Crippen molar-refractivity contribution in [3.63, 3.8) is 0 Å². The first-order chi connectivity index (χ1) is 9.95. The predicted octanol–water partition coefficient (Wildman–Crippen LogP) is 4.75. The second-order valence-corrected chi connectivity index (χ2v) is 6.75. The minimum atomic E-state index is -0.167.